The van der Waals surface area contributed by atoms with Crippen LogP contribution in [0, 0.1) is 21.4 Å². The van der Waals surface area contributed by atoms with Gasteiger partial charge in [0.2, 0.25) is 0 Å². The van der Waals surface area contributed by atoms with Gasteiger partial charge in [-0.3, -0.25) is 10.1 Å². The predicted octanol–water partition coefficient (Wildman–Crippen LogP) is 1.14. The van der Waals surface area contributed by atoms with Crippen molar-refractivity contribution in [1.29, 1.82) is 5.26 Å². The third-order valence-electron chi connectivity index (χ3n) is 2.17. The number of ether oxygens (including phenoxy) is 1. The number of hydrogen-bond acceptors (Lipinski definition) is 6. The molecule has 0 spiro atoms. The van der Waals surface area contributed by atoms with Gasteiger partial charge in [0.25, 0.3) is 5.69 Å². The Balaban J connectivity index is 3.50. The molecular weight excluding hydrogens is 240 g/mol. The number of nitro benzene ring substituents is 1. The normalized spacial score (nSPS) is 9.61. The molecule has 0 aliphatic heterocycles. The molecule has 1 N–H and O–H groups in total. The summed E-state index contributed by atoms with van der Waals surface area (Å²) in [6, 6.07) is 4.01. The van der Waals surface area contributed by atoms with Crippen LogP contribution in [0.2, 0.25) is 0 Å². The van der Waals surface area contributed by atoms with Crippen molar-refractivity contribution in [3.8, 4) is 6.07 Å². The molecule has 0 amide bonds. The summed E-state index contributed by atoms with van der Waals surface area (Å²) in [5.41, 5.74) is -0.908. The zero-order valence-electron chi connectivity index (χ0n) is 9.54. The van der Waals surface area contributed by atoms with Crippen molar-refractivity contribution in [1.82, 2.24) is 0 Å². The Bertz CT molecular complexity index is 533. The monoisotopic (exact) mass is 250 g/mol. The van der Waals surface area contributed by atoms with E-state index in [9.17, 15) is 14.9 Å². The van der Waals surface area contributed by atoms with E-state index in [1.54, 1.807) is 13.0 Å². The van der Waals surface area contributed by atoms with Gasteiger partial charge in [-0.25, -0.2) is 4.79 Å². The third-order valence-corrected chi connectivity index (χ3v) is 2.17. The highest BCUT2D eigenvalue weighted by Gasteiger charge is 2.26. The molecule has 0 aromatic heterocycles. The van der Waals surface area contributed by atoms with Gasteiger partial charge in [0, 0.05) is 0 Å². The summed E-state index contributed by atoms with van der Waals surface area (Å²) < 4.78 is 4.68. The van der Waals surface area contributed by atoms with E-state index in [0.29, 0.717) is 0 Å². The Hall–Kier alpha value is -2.46. The number of rotatable bonds is 4. The lowest BCUT2D eigenvalue weighted by molar-refractivity contribution is -0.386. The van der Waals surface area contributed by atoms with Gasteiger partial charge in [-0.1, -0.05) is 0 Å². The second-order valence-corrected chi connectivity index (χ2v) is 3.28. The van der Waals surface area contributed by atoms with Gasteiger partial charge in [0.05, 0.1) is 35.3 Å². The zero-order chi connectivity index (χ0) is 13.7. The van der Waals surface area contributed by atoms with Gasteiger partial charge >= 0.3 is 5.97 Å². The van der Waals surface area contributed by atoms with Crippen molar-refractivity contribution in [2.75, 3.05) is 6.61 Å². The molecular formula is C11H10N2O5. The highest BCUT2D eigenvalue weighted by Crippen LogP contribution is 2.26. The molecule has 0 aliphatic carbocycles. The number of aliphatic hydroxyl groups is 1. The van der Waals surface area contributed by atoms with Gasteiger partial charge < -0.3 is 9.84 Å². The molecule has 0 saturated carbocycles. The van der Waals surface area contributed by atoms with Crippen molar-refractivity contribution < 1.29 is 19.6 Å². The summed E-state index contributed by atoms with van der Waals surface area (Å²) in [5.74, 6) is -0.893. The topological polar surface area (TPSA) is 113 Å². The van der Waals surface area contributed by atoms with E-state index < -0.39 is 23.2 Å². The average molecular weight is 250 g/mol. The maximum absolute atomic E-state index is 11.6. The van der Waals surface area contributed by atoms with Crippen LogP contribution in [0.4, 0.5) is 5.69 Å². The Morgan fingerprint density at radius 1 is 1.61 bits per heavy atom. The minimum atomic E-state index is -0.893. The number of carbonyl (C=O) groups excluding carboxylic acids is 1. The fourth-order valence-corrected chi connectivity index (χ4v) is 1.46. The van der Waals surface area contributed by atoms with Crippen molar-refractivity contribution in [3.63, 3.8) is 0 Å². The quantitative estimate of drug-likeness (QED) is 0.486. The van der Waals surface area contributed by atoms with E-state index in [1.165, 1.54) is 6.07 Å². The molecule has 0 atom stereocenters. The number of nitrogens with zero attached hydrogens (tertiary/aromatic N) is 2. The molecule has 0 fully saturated rings. The van der Waals surface area contributed by atoms with Crippen molar-refractivity contribution in [2.45, 2.75) is 13.5 Å². The zero-order valence-corrected chi connectivity index (χ0v) is 9.54. The first-order valence-electron chi connectivity index (χ1n) is 5.04. The first kappa shape index (κ1) is 13.6. The fourth-order valence-electron chi connectivity index (χ4n) is 1.46. The molecule has 0 saturated heterocycles. The molecule has 7 nitrogen and oxygen atoms in total. The van der Waals surface area contributed by atoms with E-state index in [2.05, 4.69) is 4.74 Å². The Labute approximate surface area is 102 Å². The van der Waals surface area contributed by atoms with Gasteiger partial charge in [-0.2, -0.15) is 5.26 Å². The van der Waals surface area contributed by atoms with Crippen LogP contribution in [-0.2, 0) is 11.3 Å². The van der Waals surface area contributed by atoms with Crippen LogP contribution >= 0.6 is 0 Å². The summed E-state index contributed by atoms with van der Waals surface area (Å²) in [7, 11) is 0. The highest BCUT2D eigenvalue weighted by molar-refractivity contribution is 5.95. The van der Waals surface area contributed by atoms with Gasteiger partial charge in [-0.05, 0) is 19.1 Å². The average Bonchev–Trinajstić information content (AvgIpc) is 2.36. The molecule has 0 radical (unpaired) electrons. The molecule has 18 heavy (non-hydrogen) atoms. The number of nitriles is 1. The molecule has 94 valence electrons. The number of carbonyl (C=O) groups is 1. The molecule has 1 aromatic carbocycles. The van der Waals surface area contributed by atoms with Crippen molar-refractivity contribution in [2.24, 2.45) is 0 Å². The van der Waals surface area contributed by atoms with Crippen LogP contribution in [0.1, 0.15) is 28.4 Å². The number of nitro groups is 1. The van der Waals surface area contributed by atoms with Gasteiger partial charge in [0.1, 0.15) is 5.56 Å². The SMILES string of the molecule is CCOC(=O)c1cc(C#N)cc(CO)c1[N+](=O)[O-]. The molecule has 1 rings (SSSR count). The van der Waals surface area contributed by atoms with Crippen molar-refractivity contribution >= 4 is 11.7 Å². The van der Waals surface area contributed by atoms with Crippen LogP contribution in [0.25, 0.3) is 0 Å². The summed E-state index contributed by atoms with van der Waals surface area (Å²) in [6.07, 6.45) is 0. The molecule has 0 bridgehead atoms. The lowest BCUT2D eigenvalue weighted by atomic mass is 10.0. The molecule has 1 aromatic rings. The Morgan fingerprint density at radius 2 is 2.28 bits per heavy atom. The van der Waals surface area contributed by atoms with E-state index in [1.807, 2.05) is 0 Å². The maximum Gasteiger partial charge on any atom is 0.345 e. The minimum absolute atomic E-state index is 0.0488. The summed E-state index contributed by atoms with van der Waals surface area (Å²) in [5, 5.41) is 28.7. The second-order valence-electron chi connectivity index (χ2n) is 3.28. The highest BCUT2D eigenvalue weighted by atomic mass is 16.6. The fraction of sp³-hybridized carbons (Fsp3) is 0.273. The number of esters is 1. The number of aliphatic hydroxyl groups excluding tert-OH is 1. The van der Waals surface area contributed by atoms with E-state index in [0.717, 1.165) is 6.07 Å². The smallest absolute Gasteiger partial charge is 0.345 e. The molecule has 0 heterocycles. The summed E-state index contributed by atoms with van der Waals surface area (Å²) in [4.78, 5) is 21.7. The van der Waals surface area contributed by atoms with Gasteiger partial charge in [0.15, 0.2) is 0 Å². The van der Waals surface area contributed by atoms with Crippen LogP contribution in [0.3, 0.4) is 0 Å². The standard InChI is InChI=1S/C11H10N2O5/c1-2-18-11(15)9-4-7(5-12)3-8(6-14)10(9)13(16)17/h3-4,14H,2,6H2,1H3. The minimum Gasteiger partial charge on any atom is -0.462 e. The van der Waals surface area contributed by atoms with E-state index >= 15 is 0 Å². The molecule has 0 unspecified atom stereocenters. The second kappa shape index (κ2) is 5.75. The first-order chi connectivity index (χ1) is 8.54. The van der Waals surface area contributed by atoms with Gasteiger partial charge in [-0.15, -0.1) is 0 Å². The maximum atomic E-state index is 11.6. The Kier molecular flexibility index (Phi) is 4.34. The predicted molar refractivity (Wildman–Crippen MR) is 59.7 cm³/mol. The largest absolute Gasteiger partial charge is 0.462 e. The van der Waals surface area contributed by atoms with Crippen molar-refractivity contribution in [3.05, 3.63) is 38.9 Å². The van der Waals surface area contributed by atoms with Crippen LogP contribution in [0.5, 0.6) is 0 Å². The number of benzene rings is 1. The lowest BCUT2D eigenvalue weighted by Crippen LogP contribution is -2.10. The van der Waals surface area contributed by atoms with E-state index in [-0.39, 0.29) is 23.3 Å². The third kappa shape index (κ3) is 2.61. The van der Waals surface area contributed by atoms with Crippen LogP contribution in [-0.4, -0.2) is 22.6 Å². The summed E-state index contributed by atoms with van der Waals surface area (Å²) in [6.45, 7) is 0.976. The van der Waals surface area contributed by atoms with Crippen LogP contribution in [0.15, 0.2) is 12.1 Å². The number of hydrogen-bond donors (Lipinski definition) is 1. The molecule has 0 aliphatic rings. The first-order valence-corrected chi connectivity index (χ1v) is 5.04. The van der Waals surface area contributed by atoms with E-state index in [4.69, 9.17) is 10.4 Å². The van der Waals surface area contributed by atoms with Crippen LogP contribution < -0.4 is 0 Å². The summed E-state index contributed by atoms with van der Waals surface area (Å²) >= 11 is 0. The lowest BCUT2D eigenvalue weighted by Gasteiger charge is -2.06. The Morgan fingerprint density at radius 3 is 2.72 bits per heavy atom. The molecule has 7 heteroatoms.